The van der Waals surface area contributed by atoms with Gasteiger partial charge in [0.1, 0.15) is 5.76 Å². The van der Waals surface area contributed by atoms with Gasteiger partial charge in [-0.1, -0.05) is 25.7 Å². The Kier molecular flexibility index (Phi) is 6.08. The van der Waals surface area contributed by atoms with E-state index in [-0.39, 0.29) is 18.4 Å². The van der Waals surface area contributed by atoms with E-state index in [1.165, 1.54) is 0 Å². The Morgan fingerprint density at radius 1 is 1.31 bits per heavy atom. The zero-order chi connectivity index (χ0) is 18.5. The molecule has 1 saturated carbocycles. The van der Waals surface area contributed by atoms with Crippen molar-refractivity contribution in [3.63, 3.8) is 0 Å². The van der Waals surface area contributed by atoms with Crippen LogP contribution < -0.4 is 5.32 Å². The summed E-state index contributed by atoms with van der Waals surface area (Å²) in [5, 5.41) is 16.3. The van der Waals surface area contributed by atoms with Crippen LogP contribution in [0.3, 0.4) is 0 Å². The highest BCUT2D eigenvalue weighted by molar-refractivity contribution is 7.08. The number of aliphatic carboxylic acids is 1. The summed E-state index contributed by atoms with van der Waals surface area (Å²) >= 11 is 1.56. The van der Waals surface area contributed by atoms with Crippen LogP contribution in [0.2, 0.25) is 0 Å². The molecule has 2 heterocycles. The molecule has 2 aromatic heterocycles. The van der Waals surface area contributed by atoms with E-state index >= 15 is 0 Å². The quantitative estimate of drug-likeness (QED) is 0.828. The van der Waals surface area contributed by atoms with E-state index in [0.717, 1.165) is 31.2 Å². The fraction of sp³-hybridized carbons (Fsp3) is 0.526. The number of aryl methyl sites for hydroxylation is 1. The van der Waals surface area contributed by atoms with Crippen LogP contribution in [0.25, 0.3) is 11.5 Å². The minimum absolute atomic E-state index is 0.0995. The summed E-state index contributed by atoms with van der Waals surface area (Å²) in [5.41, 5.74) is 1.50. The molecule has 1 fully saturated rings. The van der Waals surface area contributed by atoms with Gasteiger partial charge in [-0.2, -0.15) is 11.3 Å². The normalized spacial score (nSPS) is 21.0. The van der Waals surface area contributed by atoms with Gasteiger partial charge in [0.05, 0.1) is 18.0 Å². The highest BCUT2D eigenvalue weighted by atomic mass is 32.1. The highest BCUT2D eigenvalue weighted by Gasteiger charge is 2.30. The van der Waals surface area contributed by atoms with E-state index in [1.54, 1.807) is 18.3 Å². The lowest BCUT2D eigenvalue weighted by atomic mass is 9.86. The van der Waals surface area contributed by atoms with Gasteiger partial charge in [-0.05, 0) is 31.2 Å². The number of hydrogen-bond donors (Lipinski definition) is 2. The molecular formula is C19H24N2O4S. The zero-order valence-corrected chi connectivity index (χ0v) is 15.7. The Hall–Kier alpha value is -2.15. The number of nitrogens with one attached hydrogen (secondary N) is 1. The number of carbonyl (C=O) groups is 2. The molecule has 1 aliphatic rings. The van der Waals surface area contributed by atoms with E-state index in [2.05, 4.69) is 10.3 Å². The van der Waals surface area contributed by atoms with Crippen LogP contribution in [0.5, 0.6) is 0 Å². The Balaban J connectivity index is 1.66. The Bertz CT molecular complexity index is 754. The monoisotopic (exact) mass is 376 g/mol. The molecule has 1 aliphatic carbocycles. The standard InChI is InChI=1S/C19H24N2O4S/c1-12-16(21-18(25-12)13-8-9-26-11-13)10-17(22)20-15-7-5-3-2-4-6-14(15)19(23)24/h8-9,11,14-15H,2-7,10H2,1H3,(H,20,22)(H,23,24). The largest absolute Gasteiger partial charge is 0.481 e. The lowest BCUT2D eigenvalue weighted by Crippen LogP contribution is -2.44. The van der Waals surface area contributed by atoms with Crippen molar-refractivity contribution in [1.29, 1.82) is 0 Å². The number of nitrogens with zero attached hydrogens (tertiary/aromatic N) is 1. The van der Waals surface area contributed by atoms with Crippen molar-refractivity contribution in [1.82, 2.24) is 10.3 Å². The third kappa shape index (κ3) is 4.52. The summed E-state index contributed by atoms with van der Waals surface area (Å²) in [6, 6.07) is 1.61. The fourth-order valence-electron chi connectivity index (χ4n) is 3.46. The van der Waals surface area contributed by atoms with Crippen LogP contribution in [-0.4, -0.2) is 28.0 Å². The fourth-order valence-corrected chi connectivity index (χ4v) is 4.09. The maximum atomic E-state index is 12.5. The lowest BCUT2D eigenvalue weighted by molar-refractivity contribution is -0.143. The molecule has 2 aromatic rings. The number of carboxylic acid groups (broad SMARTS) is 1. The Labute approximate surface area is 156 Å². The molecule has 2 atom stereocenters. The molecular weight excluding hydrogens is 352 g/mol. The third-order valence-electron chi connectivity index (χ3n) is 4.92. The SMILES string of the molecule is Cc1oc(-c2ccsc2)nc1CC(=O)NC1CCCCCCC1C(=O)O. The number of carbonyl (C=O) groups excluding carboxylic acids is 1. The van der Waals surface area contributed by atoms with Crippen molar-refractivity contribution in [2.45, 2.75) is 57.9 Å². The highest BCUT2D eigenvalue weighted by Crippen LogP contribution is 2.25. The Morgan fingerprint density at radius 3 is 2.77 bits per heavy atom. The van der Waals surface area contributed by atoms with Gasteiger partial charge in [-0.25, -0.2) is 4.98 Å². The topological polar surface area (TPSA) is 92.4 Å². The molecule has 2 N–H and O–H groups in total. The molecule has 0 saturated heterocycles. The maximum Gasteiger partial charge on any atom is 0.308 e. The molecule has 26 heavy (non-hydrogen) atoms. The lowest BCUT2D eigenvalue weighted by Gasteiger charge is -2.27. The first-order chi connectivity index (χ1) is 12.5. The summed E-state index contributed by atoms with van der Waals surface area (Å²) < 4.78 is 5.67. The number of thiophene rings is 1. The van der Waals surface area contributed by atoms with Crippen LogP contribution in [0.1, 0.15) is 50.0 Å². The second-order valence-electron chi connectivity index (χ2n) is 6.82. The minimum Gasteiger partial charge on any atom is -0.481 e. The first kappa shape index (κ1) is 18.6. The van der Waals surface area contributed by atoms with Crippen LogP contribution >= 0.6 is 11.3 Å². The van der Waals surface area contributed by atoms with Gasteiger partial charge < -0.3 is 14.8 Å². The van der Waals surface area contributed by atoms with Gasteiger partial charge in [0.2, 0.25) is 11.8 Å². The number of hydrogen-bond acceptors (Lipinski definition) is 5. The molecule has 0 spiro atoms. The first-order valence-electron chi connectivity index (χ1n) is 9.05. The van der Waals surface area contributed by atoms with Crippen LogP contribution in [0.15, 0.2) is 21.2 Å². The number of amides is 1. The van der Waals surface area contributed by atoms with Crippen molar-refractivity contribution in [3.8, 4) is 11.5 Å². The van der Waals surface area contributed by atoms with Gasteiger partial charge in [0.25, 0.3) is 0 Å². The summed E-state index contributed by atoms with van der Waals surface area (Å²) in [6.45, 7) is 1.79. The minimum atomic E-state index is -0.824. The van der Waals surface area contributed by atoms with Crippen LogP contribution in [0.4, 0.5) is 0 Å². The summed E-state index contributed by atoms with van der Waals surface area (Å²) in [6.07, 6.45) is 5.42. The number of rotatable bonds is 5. The molecule has 6 nitrogen and oxygen atoms in total. The van der Waals surface area contributed by atoms with Gasteiger partial charge in [0.15, 0.2) is 0 Å². The second-order valence-corrected chi connectivity index (χ2v) is 7.60. The molecule has 7 heteroatoms. The maximum absolute atomic E-state index is 12.5. The average Bonchev–Trinajstić information content (AvgIpc) is 3.20. The predicted octanol–water partition coefficient (Wildman–Crippen LogP) is 3.79. The van der Waals surface area contributed by atoms with Crippen LogP contribution in [0, 0.1) is 12.8 Å². The summed E-state index contributed by atoms with van der Waals surface area (Å²) in [7, 11) is 0. The average molecular weight is 376 g/mol. The van der Waals surface area contributed by atoms with E-state index in [9.17, 15) is 14.7 Å². The molecule has 1 amide bonds. The molecule has 0 bridgehead atoms. The second kappa shape index (κ2) is 8.49. The van der Waals surface area contributed by atoms with E-state index < -0.39 is 11.9 Å². The summed E-state index contributed by atoms with van der Waals surface area (Å²) in [5.74, 6) is -0.404. The zero-order valence-electron chi connectivity index (χ0n) is 14.9. The van der Waals surface area contributed by atoms with Gasteiger partial charge >= 0.3 is 5.97 Å². The smallest absolute Gasteiger partial charge is 0.308 e. The first-order valence-corrected chi connectivity index (χ1v) is 10.00. The number of oxazole rings is 1. The molecule has 0 radical (unpaired) electrons. The Morgan fingerprint density at radius 2 is 2.08 bits per heavy atom. The van der Waals surface area contributed by atoms with Crippen molar-refractivity contribution in [2.75, 3.05) is 0 Å². The van der Waals surface area contributed by atoms with Crippen molar-refractivity contribution in [2.24, 2.45) is 5.92 Å². The third-order valence-corrected chi connectivity index (χ3v) is 5.60. The number of aromatic nitrogens is 1. The van der Waals surface area contributed by atoms with Crippen molar-refractivity contribution in [3.05, 3.63) is 28.3 Å². The molecule has 3 rings (SSSR count). The predicted molar refractivity (Wildman–Crippen MR) is 99.0 cm³/mol. The molecule has 140 valence electrons. The molecule has 2 unspecified atom stereocenters. The molecule has 0 aromatic carbocycles. The van der Waals surface area contributed by atoms with E-state index in [1.807, 2.05) is 16.8 Å². The molecule has 0 aliphatic heterocycles. The van der Waals surface area contributed by atoms with Gasteiger partial charge in [-0.3, -0.25) is 9.59 Å². The number of carboxylic acids is 1. The van der Waals surface area contributed by atoms with Crippen molar-refractivity contribution < 1.29 is 19.1 Å². The van der Waals surface area contributed by atoms with Crippen molar-refractivity contribution >= 4 is 23.2 Å². The van der Waals surface area contributed by atoms with Gasteiger partial charge in [0, 0.05) is 17.0 Å². The van der Waals surface area contributed by atoms with Crippen LogP contribution in [-0.2, 0) is 16.0 Å². The van der Waals surface area contributed by atoms with E-state index in [0.29, 0.717) is 30.2 Å². The summed E-state index contributed by atoms with van der Waals surface area (Å²) in [4.78, 5) is 28.5. The van der Waals surface area contributed by atoms with E-state index in [4.69, 9.17) is 4.42 Å². The van der Waals surface area contributed by atoms with Gasteiger partial charge in [-0.15, -0.1) is 0 Å².